The molecule has 0 aliphatic carbocycles. The fraction of sp³-hybridized carbons (Fsp3) is 0.0800. The average Bonchev–Trinajstić information content (AvgIpc) is 2.83. The Morgan fingerprint density at radius 1 is 0.824 bits per heavy atom. The molecule has 4 rings (SSSR count). The maximum absolute atomic E-state index is 12.7. The average molecular weight is 475 g/mol. The molecule has 0 aliphatic rings. The Kier molecular flexibility index (Phi) is 6.55. The van der Waals surface area contributed by atoms with Gasteiger partial charge in [-0.25, -0.2) is 18.4 Å². The standard InChI is InChI=1S/C25H22N4O4S/c1-17-6-3-4-7-23(17)29-34(31,32)21-11-8-19(9-12-21)24(30)28-22-13-10-20(16-18(22)2)33-25-26-14-5-15-27-25/h3-16,29H,1-2H3,(H,28,30). The summed E-state index contributed by atoms with van der Waals surface area (Å²) < 4.78 is 33.6. The fourth-order valence-electron chi connectivity index (χ4n) is 3.15. The third-order valence-electron chi connectivity index (χ3n) is 5.01. The van der Waals surface area contributed by atoms with Crippen molar-refractivity contribution in [1.29, 1.82) is 0 Å². The fourth-order valence-corrected chi connectivity index (χ4v) is 4.29. The van der Waals surface area contributed by atoms with Gasteiger partial charge in [0.1, 0.15) is 5.75 Å². The molecule has 34 heavy (non-hydrogen) atoms. The molecule has 0 fully saturated rings. The number of ether oxygens (including phenoxy) is 1. The number of nitrogens with one attached hydrogen (secondary N) is 2. The molecule has 9 heteroatoms. The monoisotopic (exact) mass is 474 g/mol. The summed E-state index contributed by atoms with van der Waals surface area (Å²) in [6, 6.07) is 20.0. The van der Waals surface area contributed by atoms with Crippen molar-refractivity contribution in [3.8, 4) is 11.8 Å². The summed E-state index contributed by atoms with van der Waals surface area (Å²) in [5, 5.41) is 2.83. The van der Waals surface area contributed by atoms with Crippen molar-refractivity contribution < 1.29 is 17.9 Å². The smallest absolute Gasteiger partial charge is 0.321 e. The molecule has 0 unspecified atom stereocenters. The van der Waals surface area contributed by atoms with E-state index >= 15 is 0 Å². The second-order valence-corrected chi connectivity index (χ2v) is 9.19. The van der Waals surface area contributed by atoms with Gasteiger partial charge in [-0.1, -0.05) is 18.2 Å². The summed E-state index contributed by atoms with van der Waals surface area (Å²) >= 11 is 0. The van der Waals surface area contributed by atoms with E-state index < -0.39 is 10.0 Å². The number of aromatic nitrogens is 2. The Morgan fingerprint density at radius 2 is 1.53 bits per heavy atom. The maximum Gasteiger partial charge on any atom is 0.321 e. The zero-order valence-corrected chi connectivity index (χ0v) is 19.3. The lowest BCUT2D eigenvalue weighted by molar-refractivity contribution is 0.102. The van der Waals surface area contributed by atoms with Crippen LogP contribution < -0.4 is 14.8 Å². The minimum atomic E-state index is -3.78. The first-order valence-electron chi connectivity index (χ1n) is 10.4. The number of hydrogen-bond acceptors (Lipinski definition) is 6. The first-order valence-corrected chi connectivity index (χ1v) is 11.9. The van der Waals surface area contributed by atoms with Crippen molar-refractivity contribution in [3.05, 3.63) is 102 Å². The highest BCUT2D eigenvalue weighted by Crippen LogP contribution is 2.25. The highest BCUT2D eigenvalue weighted by molar-refractivity contribution is 7.92. The SMILES string of the molecule is Cc1cc(Oc2ncccn2)ccc1NC(=O)c1ccc(S(=O)(=O)Nc2ccccc2C)cc1. The van der Waals surface area contributed by atoms with E-state index in [9.17, 15) is 13.2 Å². The van der Waals surface area contributed by atoms with Crippen LogP contribution in [0.25, 0.3) is 0 Å². The third-order valence-corrected chi connectivity index (χ3v) is 6.39. The number of hydrogen-bond donors (Lipinski definition) is 2. The summed E-state index contributed by atoms with van der Waals surface area (Å²) in [4.78, 5) is 20.8. The number of sulfonamides is 1. The van der Waals surface area contributed by atoms with Crippen LogP contribution in [0.3, 0.4) is 0 Å². The molecule has 4 aromatic rings. The number of amides is 1. The summed E-state index contributed by atoms with van der Waals surface area (Å²) in [7, 11) is -3.78. The van der Waals surface area contributed by atoms with Crippen LogP contribution in [-0.4, -0.2) is 24.3 Å². The first-order chi connectivity index (χ1) is 16.3. The number of benzene rings is 3. The van der Waals surface area contributed by atoms with Crippen LogP contribution in [0.2, 0.25) is 0 Å². The molecule has 0 radical (unpaired) electrons. The van der Waals surface area contributed by atoms with Gasteiger partial charge in [0.2, 0.25) is 0 Å². The third kappa shape index (κ3) is 5.38. The van der Waals surface area contributed by atoms with Crippen LogP contribution in [0.5, 0.6) is 11.8 Å². The summed E-state index contributed by atoms with van der Waals surface area (Å²) in [5.74, 6) is 0.177. The van der Waals surface area contributed by atoms with E-state index in [2.05, 4.69) is 20.0 Å². The van der Waals surface area contributed by atoms with Gasteiger partial charge in [-0.15, -0.1) is 0 Å². The predicted octanol–water partition coefficient (Wildman–Crippen LogP) is 4.94. The van der Waals surface area contributed by atoms with E-state index in [0.29, 0.717) is 22.7 Å². The lowest BCUT2D eigenvalue weighted by Crippen LogP contribution is -2.15. The number of carbonyl (C=O) groups excluding carboxylic acids is 1. The minimum Gasteiger partial charge on any atom is -0.424 e. The van der Waals surface area contributed by atoms with Gasteiger partial charge >= 0.3 is 6.01 Å². The molecule has 0 saturated carbocycles. The Hall–Kier alpha value is -4.24. The van der Waals surface area contributed by atoms with E-state index in [1.54, 1.807) is 48.8 Å². The van der Waals surface area contributed by atoms with Crippen LogP contribution in [0, 0.1) is 13.8 Å². The van der Waals surface area contributed by atoms with Crippen molar-refractivity contribution >= 4 is 27.3 Å². The normalized spacial score (nSPS) is 11.0. The Morgan fingerprint density at radius 3 is 2.21 bits per heavy atom. The number of carbonyl (C=O) groups is 1. The van der Waals surface area contributed by atoms with Gasteiger partial charge in [-0.2, -0.15) is 0 Å². The van der Waals surface area contributed by atoms with Gasteiger partial charge in [0.15, 0.2) is 0 Å². The Labute approximate surface area is 197 Å². The van der Waals surface area contributed by atoms with Gasteiger partial charge in [-0.05, 0) is 79.6 Å². The topological polar surface area (TPSA) is 110 Å². The largest absolute Gasteiger partial charge is 0.424 e. The number of anilines is 2. The van der Waals surface area contributed by atoms with Gasteiger partial charge < -0.3 is 10.1 Å². The minimum absolute atomic E-state index is 0.0631. The van der Waals surface area contributed by atoms with E-state index in [0.717, 1.165) is 11.1 Å². The molecule has 0 spiro atoms. The van der Waals surface area contributed by atoms with Gasteiger partial charge in [-0.3, -0.25) is 9.52 Å². The zero-order chi connectivity index (χ0) is 24.1. The molecule has 1 heterocycles. The molecule has 3 aromatic carbocycles. The molecule has 0 aliphatic heterocycles. The number of nitrogens with zero attached hydrogens (tertiary/aromatic N) is 2. The molecular weight excluding hydrogens is 452 g/mol. The molecule has 2 N–H and O–H groups in total. The van der Waals surface area contributed by atoms with E-state index in [4.69, 9.17) is 4.74 Å². The molecule has 1 aromatic heterocycles. The van der Waals surface area contributed by atoms with Gasteiger partial charge in [0.25, 0.3) is 15.9 Å². The van der Waals surface area contributed by atoms with E-state index in [1.165, 1.54) is 24.3 Å². The number of aryl methyl sites for hydroxylation is 2. The lowest BCUT2D eigenvalue weighted by Gasteiger charge is -2.12. The van der Waals surface area contributed by atoms with Crippen LogP contribution in [0.4, 0.5) is 11.4 Å². The second kappa shape index (κ2) is 9.72. The van der Waals surface area contributed by atoms with Gasteiger partial charge in [0, 0.05) is 23.6 Å². The van der Waals surface area contributed by atoms with Crippen LogP contribution in [0.15, 0.2) is 90.1 Å². The van der Waals surface area contributed by atoms with Crippen LogP contribution in [0.1, 0.15) is 21.5 Å². The van der Waals surface area contributed by atoms with Crippen molar-refractivity contribution in [1.82, 2.24) is 9.97 Å². The van der Waals surface area contributed by atoms with E-state index in [1.807, 2.05) is 26.0 Å². The zero-order valence-electron chi connectivity index (χ0n) is 18.5. The van der Waals surface area contributed by atoms with Crippen molar-refractivity contribution in [3.63, 3.8) is 0 Å². The molecule has 0 bridgehead atoms. The summed E-state index contributed by atoms with van der Waals surface area (Å²) in [6.45, 7) is 3.66. The van der Waals surface area contributed by atoms with Crippen LogP contribution in [-0.2, 0) is 10.0 Å². The van der Waals surface area contributed by atoms with E-state index in [-0.39, 0.29) is 16.8 Å². The first kappa shape index (κ1) is 22.9. The maximum atomic E-state index is 12.7. The highest BCUT2D eigenvalue weighted by atomic mass is 32.2. The second-order valence-electron chi connectivity index (χ2n) is 7.51. The highest BCUT2D eigenvalue weighted by Gasteiger charge is 2.16. The van der Waals surface area contributed by atoms with Gasteiger partial charge in [0.05, 0.1) is 10.6 Å². The lowest BCUT2D eigenvalue weighted by atomic mass is 10.1. The molecule has 1 amide bonds. The Bertz CT molecular complexity index is 1420. The quantitative estimate of drug-likeness (QED) is 0.393. The van der Waals surface area contributed by atoms with Crippen molar-refractivity contribution in [2.45, 2.75) is 18.7 Å². The summed E-state index contributed by atoms with van der Waals surface area (Å²) in [6.07, 6.45) is 3.16. The molecular formula is C25H22N4O4S. The summed E-state index contributed by atoms with van der Waals surface area (Å²) in [5.41, 5.74) is 3.02. The van der Waals surface area contributed by atoms with Crippen molar-refractivity contribution in [2.75, 3.05) is 10.0 Å². The van der Waals surface area contributed by atoms with Crippen molar-refractivity contribution in [2.24, 2.45) is 0 Å². The Balaban J connectivity index is 1.44. The predicted molar refractivity (Wildman–Crippen MR) is 130 cm³/mol. The molecule has 8 nitrogen and oxygen atoms in total. The number of rotatable bonds is 7. The molecule has 172 valence electrons. The number of para-hydroxylation sites is 1. The molecule has 0 saturated heterocycles. The van der Waals surface area contributed by atoms with Crippen LogP contribution >= 0.6 is 0 Å². The molecule has 0 atom stereocenters.